The number of carbonyl (C=O) groups excluding carboxylic acids is 4. The van der Waals surface area contributed by atoms with E-state index in [-0.39, 0.29) is 41.8 Å². The Morgan fingerprint density at radius 3 is 2.37 bits per heavy atom. The van der Waals surface area contributed by atoms with Crippen molar-refractivity contribution < 1.29 is 52.7 Å². The van der Waals surface area contributed by atoms with E-state index in [1.54, 1.807) is 11.8 Å². The summed E-state index contributed by atoms with van der Waals surface area (Å²) in [7, 11) is 0. The third kappa shape index (κ3) is 7.56. The van der Waals surface area contributed by atoms with E-state index >= 15 is 0 Å². The molecule has 0 amide bonds. The van der Waals surface area contributed by atoms with Crippen LogP contribution in [0.2, 0.25) is 0 Å². The Hall–Kier alpha value is -3.66. The van der Waals surface area contributed by atoms with Gasteiger partial charge in [-0.05, 0) is 93.0 Å². The van der Waals surface area contributed by atoms with Gasteiger partial charge < -0.3 is 33.5 Å². The smallest absolute Gasteiger partial charge is 0.303 e. The molecule has 3 saturated heterocycles. The fourth-order valence-electron chi connectivity index (χ4n) is 12.8. The minimum absolute atomic E-state index is 0.0601. The van der Waals surface area contributed by atoms with Crippen molar-refractivity contribution in [1.82, 2.24) is 19.9 Å². The van der Waals surface area contributed by atoms with Crippen molar-refractivity contribution in [2.24, 2.45) is 35.0 Å². The lowest BCUT2D eigenvalue weighted by Gasteiger charge is -2.49. The minimum atomic E-state index is -1.31. The predicted molar refractivity (Wildman–Crippen MR) is 210 cm³/mol. The number of hydrogen-bond acceptors (Lipinski definition) is 14. The van der Waals surface area contributed by atoms with Crippen LogP contribution in [-0.2, 0) is 54.1 Å². The van der Waals surface area contributed by atoms with Gasteiger partial charge >= 0.3 is 23.9 Å². The zero-order valence-corrected chi connectivity index (χ0v) is 35.8. The molecule has 15 heteroatoms. The highest BCUT2D eigenvalue weighted by atomic mass is 16.7. The molecular weight excluding hydrogens is 761 g/mol. The van der Waals surface area contributed by atoms with E-state index in [1.165, 1.54) is 43.5 Å². The predicted octanol–water partition coefficient (Wildman–Crippen LogP) is 4.76. The molecule has 59 heavy (non-hydrogen) atoms. The van der Waals surface area contributed by atoms with Crippen molar-refractivity contribution in [3.05, 3.63) is 34.7 Å². The van der Waals surface area contributed by atoms with E-state index in [0.717, 1.165) is 57.9 Å². The molecule has 0 aromatic carbocycles. The number of esters is 4. The summed E-state index contributed by atoms with van der Waals surface area (Å²) >= 11 is 0. The highest BCUT2D eigenvalue weighted by Gasteiger charge is 2.62. The van der Waals surface area contributed by atoms with Gasteiger partial charge in [0.05, 0.1) is 29.7 Å². The molecule has 8 rings (SSSR count). The van der Waals surface area contributed by atoms with E-state index in [9.17, 15) is 24.3 Å². The first-order valence-electron chi connectivity index (χ1n) is 21.7. The van der Waals surface area contributed by atoms with Gasteiger partial charge in [0.15, 0.2) is 24.5 Å². The van der Waals surface area contributed by atoms with Crippen LogP contribution >= 0.6 is 0 Å². The number of hydrogen-bond donors (Lipinski definition) is 1. The molecule has 7 aliphatic rings. The average molecular weight is 823 g/mol. The Morgan fingerprint density at radius 1 is 0.949 bits per heavy atom. The van der Waals surface area contributed by atoms with Crippen LogP contribution in [0, 0.1) is 35.0 Å². The maximum atomic E-state index is 12.5. The number of piperidine rings is 1. The van der Waals surface area contributed by atoms with Crippen LogP contribution < -0.4 is 0 Å². The van der Waals surface area contributed by atoms with Gasteiger partial charge in [0.2, 0.25) is 0 Å². The lowest BCUT2D eigenvalue weighted by atomic mass is 9.56. The summed E-state index contributed by atoms with van der Waals surface area (Å²) in [6, 6.07) is 0.156. The summed E-state index contributed by atoms with van der Waals surface area (Å²) < 4.78 is 37.3. The van der Waals surface area contributed by atoms with Gasteiger partial charge in [0, 0.05) is 52.7 Å². The molecule has 15 atom stereocenters. The average Bonchev–Trinajstić information content (AvgIpc) is 3.86. The Bertz CT molecular complexity index is 1900. The Kier molecular flexibility index (Phi) is 11.4. The molecule has 1 N–H and O–H groups in total. The van der Waals surface area contributed by atoms with Crippen molar-refractivity contribution in [2.75, 3.05) is 13.2 Å². The highest BCUT2D eigenvalue weighted by molar-refractivity contribution is 5.68. The molecule has 0 bridgehead atoms. The van der Waals surface area contributed by atoms with Crippen molar-refractivity contribution in [3.63, 3.8) is 0 Å². The molecule has 0 radical (unpaired) electrons. The second-order valence-electron chi connectivity index (χ2n) is 18.9. The maximum absolute atomic E-state index is 12.5. The molecule has 1 spiro atoms. The molecule has 4 aliphatic carbocycles. The van der Waals surface area contributed by atoms with Crippen LogP contribution in [0.1, 0.15) is 119 Å². The Morgan fingerprint density at radius 2 is 1.66 bits per heavy atom. The van der Waals surface area contributed by atoms with E-state index in [4.69, 9.17) is 28.4 Å². The van der Waals surface area contributed by atoms with Gasteiger partial charge in [-0.25, -0.2) is 4.68 Å². The number of allylic oxidation sites excluding steroid dienone is 2. The van der Waals surface area contributed by atoms with E-state index < -0.39 is 54.5 Å². The molecule has 2 saturated carbocycles. The number of aliphatic hydroxyl groups excluding tert-OH is 1. The quantitative estimate of drug-likeness (QED) is 0.216. The fraction of sp³-hybridized carbons (Fsp3) is 0.773. The number of carbonyl (C=O) groups is 4. The molecule has 3 aliphatic heterocycles. The molecule has 1 aromatic rings. The SMILES string of the molecule is CC(=O)OC[C@H]1O[C@@H](n2cc(CN3C[C@@H](C)C[C@H]4O[C@]5(CC[C@@H]6C(=C5C)C[C@H]5[C@H]6CC=C6C[C@@H](O)CC[C@@]65C)[C@H](C)[C@@H]43)nn2)[C@H](OC(C)=O)[C@@H](OC(C)=O)[C@@H]1OC(C)=O. The number of aliphatic hydroxyl groups is 1. The zero-order valence-electron chi connectivity index (χ0n) is 35.8. The number of aromatic nitrogens is 3. The van der Waals surface area contributed by atoms with Crippen LogP contribution in [0.25, 0.3) is 0 Å². The lowest BCUT2D eigenvalue weighted by molar-refractivity contribution is -0.270. The Balaban J connectivity index is 1.05. The van der Waals surface area contributed by atoms with Crippen molar-refractivity contribution in [3.8, 4) is 0 Å². The van der Waals surface area contributed by atoms with Crippen molar-refractivity contribution in [2.45, 2.75) is 168 Å². The van der Waals surface area contributed by atoms with Crippen LogP contribution in [0.15, 0.2) is 29.0 Å². The number of fused-ring (bicyclic) bond motifs is 6. The maximum Gasteiger partial charge on any atom is 0.303 e. The van der Waals surface area contributed by atoms with Gasteiger partial charge in [0.25, 0.3) is 0 Å². The molecular formula is C44H62N4O11. The number of ether oxygens (including phenoxy) is 6. The first kappa shape index (κ1) is 42.0. The molecule has 1 aromatic heterocycles. The van der Waals surface area contributed by atoms with E-state index in [1.807, 2.05) is 0 Å². The number of rotatable bonds is 8. The van der Waals surface area contributed by atoms with Gasteiger partial charge in [-0.1, -0.05) is 43.2 Å². The van der Waals surface area contributed by atoms with Crippen molar-refractivity contribution >= 4 is 23.9 Å². The van der Waals surface area contributed by atoms with Crippen molar-refractivity contribution in [1.29, 1.82) is 0 Å². The van der Waals surface area contributed by atoms with Gasteiger partial charge in [0.1, 0.15) is 12.7 Å². The highest BCUT2D eigenvalue weighted by Crippen LogP contribution is 2.65. The van der Waals surface area contributed by atoms with Crippen LogP contribution in [0.4, 0.5) is 0 Å². The summed E-state index contributed by atoms with van der Waals surface area (Å²) in [4.78, 5) is 51.4. The largest absolute Gasteiger partial charge is 0.463 e. The summed E-state index contributed by atoms with van der Waals surface area (Å²) in [6.45, 7) is 15.3. The number of likely N-dealkylation sites (tertiary alicyclic amines) is 1. The van der Waals surface area contributed by atoms with Gasteiger partial charge in [-0.15, -0.1) is 5.10 Å². The van der Waals surface area contributed by atoms with Gasteiger partial charge in [-0.3, -0.25) is 24.1 Å². The van der Waals surface area contributed by atoms with E-state index in [0.29, 0.717) is 35.9 Å². The standard InChI is InChI=1S/C44H62N4O11/c1-22-15-36-38(24(3)44(59-36)14-12-32-33-10-9-29-16-31(53)11-13-43(29,8)35(33)17-34(32)23(44)2)47(18-22)19-30-20-48(46-45-30)42-41(57-28(7)52)40(56-27(6)51)39(55-26(5)50)37(58-42)21-54-25(4)49/h9,20,22,24,31-33,35-42,53H,10-19,21H2,1-8H3/t22-,24+,31-,32-,33-,35-,36+,37+,38-,39+,40-,41+,42+,43-,44-/m0/s1. The first-order chi connectivity index (χ1) is 28.0. The van der Waals surface area contributed by atoms with E-state index in [2.05, 4.69) is 49.0 Å². The Labute approximate surface area is 346 Å². The molecule has 5 fully saturated rings. The van der Waals surface area contributed by atoms with Crippen LogP contribution in [-0.4, -0.2) is 110 Å². The summed E-state index contributed by atoms with van der Waals surface area (Å²) in [5.74, 6) is -0.190. The topological polar surface area (TPSA) is 178 Å². The number of nitrogens with zero attached hydrogens (tertiary/aromatic N) is 4. The second kappa shape index (κ2) is 16.0. The molecule has 4 heterocycles. The monoisotopic (exact) mass is 822 g/mol. The zero-order chi connectivity index (χ0) is 42.1. The second-order valence-corrected chi connectivity index (χ2v) is 18.9. The summed E-state index contributed by atoms with van der Waals surface area (Å²) in [6.07, 6.45) is 6.08. The van der Waals surface area contributed by atoms with Crippen LogP contribution in [0.5, 0.6) is 0 Å². The third-order valence-electron chi connectivity index (χ3n) is 15.2. The normalized spacial score (nSPS) is 41.6. The molecule has 0 unspecified atom stereocenters. The summed E-state index contributed by atoms with van der Waals surface area (Å²) in [5.41, 5.74) is 5.06. The molecule has 15 nitrogen and oxygen atoms in total. The summed E-state index contributed by atoms with van der Waals surface area (Å²) in [5, 5.41) is 19.5. The van der Waals surface area contributed by atoms with Crippen LogP contribution in [0.3, 0.4) is 0 Å². The minimum Gasteiger partial charge on any atom is -0.463 e. The lowest BCUT2D eigenvalue weighted by Crippen LogP contribution is -2.60. The molecule has 324 valence electrons. The third-order valence-corrected chi connectivity index (χ3v) is 15.2. The first-order valence-corrected chi connectivity index (χ1v) is 21.7. The fourth-order valence-corrected chi connectivity index (χ4v) is 12.8. The van der Waals surface area contributed by atoms with Gasteiger partial charge in [-0.2, -0.15) is 0 Å².